The fraction of sp³-hybridized carbons (Fsp3) is 0.364. The van der Waals surface area contributed by atoms with Gasteiger partial charge >= 0.3 is 0 Å². The van der Waals surface area contributed by atoms with Gasteiger partial charge in [0.2, 0.25) is 0 Å². The summed E-state index contributed by atoms with van der Waals surface area (Å²) in [7, 11) is -2.34. The summed E-state index contributed by atoms with van der Waals surface area (Å²) in [5.74, 6) is 0. The van der Waals surface area contributed by atoms with Crippen molar-refractivity contribution >= 4 is 24.8 Å². The van der Waals surface area contributed by atoms with Gasteiger partial charge in [-0.25, -0.2) is 4.98 Å². The highest BCUT2D eigenvalue weighted by atomic mass is 28.4. The number of nitrogens with one attached hydrogen (secondary N) is 1. The number of hydrogen-bond acceptors (Lipinski definition) is 3. The maximum absolute atomic E-state index is 9.99. The van der Waals surface area contributed by atoms with Gasteiger partial charge in [-0.1, -0.05) is 6.07 Å². The zero-order valence-electron chi connectivity index (χ0n) is 9.62. The first-order valence-corrected chi connectivity index (χ1v) is 8.37. The number of nitrogens with zero attached hydrogens (tertiary/aromatic N) is 1. The lowest BCUT2D eigenvalue weighted by Gasteiger charge is -2.08. The highest BCUT2D eigenvalue weighted by molar-refractivity contribution is 6.82. The number of fused-ring (bicyclic) bond motifs is 1. The number of imidazole rings is 1. The molecule has 0 radical (unpaired) electrons. The normalized spacial score (nSPS) is 12.2. The third-order valence-corrected chi connectivity index (χ3v) is 3.96. The summed E-state index contributed by atoms with van der Waals surface area (Å²) >= 11 is 0. The Kier molecular flexibility index (Phi) is 2.83. The third-order valence-electron chi connectivity index (χ3n) is 2.56. The van der Waals surface area contributed by atoms with Crippen molar-refractivity contribution in [2.45, 2.75) is 19.5 Å². The Labute approximate surface area is 95.6 Å². The summed E-state index contributed by atoms with van der Waals surface area (Å²) in [5, 5.41) is 0. The summed E-state index contributed by atoms with van der Waals surface area (Å²) in [5.41, 5.74) is 9.32. The lowest BCUT2D eigenvalue weighted by atomic mass is 10.1. The summed E-state index contributed by atoms with van der Waals surface area (Å²) in [6.07, 6.45) is 0.859. The first-order chi connectivity index (χ1) is 7.50. The second-order valence-corrected chi connectivity index (χ2v) is 8.13. The van der Waals surface area contributed by atoms with Gasteiger partial charge in [0, 0.05) is 0 Å². The average molecular weight is 235 g/mol. The van der Waals surface area contributed by atoms with E-state index in [-0.39, 0.29) is 0 Å². The predicted octanol–water partition coefficient (Wildman–Crippen LogP) is 0.468. The lowest BCUT2D eigenvalue weighted by molar-refractivity contribution is 0.565. The Balaban J connectivity index is 2.46. The molecule has 2 aromatic rings. The molecule has 1 heterocycles. The fourth-order valence-corrected chi connectivity index (χ4v) is 2.50. The first-order valence-electron chi connectivity index (χ1n) is 5.42. The van der Waals surface area contributed by atoms with Crippen LogP contribution in [-0.2, 0) is 6.42 Å². The SMILES string of the molecule is C[Si](C)(O)c1nc2cc(CCN)ccc2[nH]1. The summed E-state index contributed by atoms with van der Waals surface area (Å²) in [6.45, 7) is 4.35. The number of hydrogen-bond donors (Lipinski definition) is 3. The monoisotopic (exact) mass is 235 g/mol. The van der Waals surface area contributed by atoms with Crippen molar-refractivity contribution in [2.75, 3.05) is 6.54 Å². The van der Waals surface area contributed by atoms with Crippen LogP contribution in [-0.4, -0.2) is 29.6 Å². The van der Waals surface area contributed by atoms with Gasteiger partial charge in [-0.3, -0.25) is 0 Å². The molecule has 5 heteroatoms. The van der Waals surface area contributed by atoms with Crippen LogP contribution in [0.5, 0.6) is 0 Å². The molecule has 4 nitrogen and oxygen atoms in total. The van der Waals surface area contributed by atoms with Crippen molar-refractivity contribution in [2.24, 2.45) is 5.73 Å². The smallest absolute Gasteiger partial charge is 0.254 e. The maximum atomic E-state index is 9.99. The molecule has 0 unspecified atom stereocenters. The lowest BCUT2D eigenvalue weighted by Crippen LogP contribution is -2.44. The Hall–Kier alpha value is -1.17. The number of rotatable bonds is 3. The number of H-pyrrole nitrogens is 1. The molecule has 0 aliphatic carbocycles. The molecule has 0 spiro atoms. The molecule has 0 aliphatic heterocycles. The van der Waals surface area contributed by atoms with Gasteiger partial charge in [-0.2, -0.15) is 0 Å². The van der Waals surface area contributed by atoms with Crippen LogP contribution >= 0.6 is 0 Å². The Bertz CT molecular complexity index is 501. The van der Waals surface area contributed by atoms with E-state index in [0.29, 0.717) is 6.54 Å². The van der Waals surface area contributed by atoms with Crippen LogP contribution < -0.4 is 11.2 Å². The minimum Gasteiger partial charge on any atom is -0.425 e. The molecule has 86 valence electrons. The van der Waals surface area contributed by atoms with Crippen molar-refractivity contribution < 1.29 is 4.80 Å². The van der Waals surface area contributed by atoms with Gasteiger partial charge < -0.3 is 15.5 Å². The molecule has 0 aliphatic rings. The van der Waals surface area contributed by atoms with E-state index in [1.54, 1.807) is 0 Å². The van der Waals surface area contributed by atoms with Crippen molar-refractivity contribution in [1.82, 2.24) is 9.97 Å². The van der Waals surface area contributed by atoms with E-state index in [0.717, 1.165) is 22.9 Å². The van der Waals surface area contributed by atoms with Crippen LogP contribution in [0.15, 0.2) is 18.2 Å². The number of nitrogens with two attached hydrogens (primary N) is 1. The molecule has 0 saturated heterocycles. The highest BCUT2D eigenvalue weighted by Gasteiger charge is 2.24. The van der Waals surface area contributed by atoms with E-state index in [1.165, 1.54) is 5.56 Å². The molecule has 0 saturated carbocycles. The van der Waals surface area contributed by atoms with Crippen molar-refractivity contribution in [3.8, 4) is 0 Å². The second-order valence-electron chi connectivity index (χ2n) is 4.53. The molecule has 4 N–H and O–H groups in total. The molecule has 0 fully saturated rings. The standard InChI is InChI=1S/C11H17N3OSi/c1-16(2,15)11-13-9-4-3-8(5-6-12)7-10(9)14-11/h3-4,7,15H,5-6,12H2,1-2H3,(H,13,14). The fourth-order valence-electron chi connectivity index (χ4n) is 1.66. The molecule has 0 bridgehead atoms. The third kappa shape index (κ3) is 2.16. The van der Waals surface area contributed by atoms with Crippen LogP contribution in [0.25, 0.3) is 11.0 Å². The molecule has 1 aromatic carbocycles. The summed E-state index contributed by atoms with van der Waals surface area (Å²) < 4.78 is 0. The van der Waals surface area contributed by atoms with E-state index in [2.05, 4.69) is 9.97 Å². The van der Waals surface area contributed by atoms with Crippen molar-refractivity contribution in [3.63, 3.8) is 0 Å². The molecule has 1 aromatic heterocycles. The highest BCUT2D eigenvalue weighted by Crippen LogP contribution is 2.12. The van der Waals surface area contributed by atoms with Crippen LogP contribution in [0.4, 0.5) is 0 Å². The Morgan fingerprint density at radius 2 is 2.19 bits per heavy atom. The van der Waals surface area contributed by atoms with E-state index in [9.17, 15) is 4.80 Å². The Morgan fingerprint density at radius 1 is 1.44 bits per heavy atom. The molecule has 0 atom stereocenters. The van der Waals surface area contributed by atoms with Crippen LogP contribution in [0, 0.1) is 0 Å². The minimum absolute atomic E-state index is 0.642. The van der Waals surface area contributed by atoms with E-state index >= 15 is 0 Å². The topological polar surface area (TPSA) is 74.9 Å². The number of benzene rings is 1. The quantitative estimate of drug-likeness (QED) is 0.677. The van der Waals surface area contributed by atoms with Gasteiger partial charge in [0.1, 0.15) is 5.45 Å². The number of aromatic amines is 1. The zero-order valence-corrected chi connectivity index (χ0v) is 10.6. The van der Waals surface area contributed by atoms with Crippen LogP contribution in [0.1, 0.15) is 5.56 Å². The molecular formula is C11H17N3OSi. The van der Waals surface area contributed by atoms with E-state index in [4.69, 9.17) is 5.73 Å². The van der Waals surface area contributed by atoms with Crippen LogP contribution in [0.3, 0.4) is 0 Å². The number of aromatic nitrogens is 2. The van der Waals surface area contributed by atoms with Crippen molar-refractivity contribution in [3.05, 3.63) is 23.8 Å². The largest absolute Gasteiger partial charge is 0.425 e. The van der Waals surface area contributed by atoms with Gasteiger partial charge in [0.25, 0.3) is 8.32 Å². The van der Waals surface area contributed by atoms with Crippen LogP contribution in [0.2, 0.25) is 13.1 Å². The van der Waals surface area contributed by atoms with E-state index < -0.39 is 8.32 Å². The molecule has 2 rings (SSSR count). The van der Waals surface area contributed by atoms with Crippen molar-refractivity contribution in [1.29, 1.82) is 0 Å². The maximum Gasteiger partial charge on any atom is 0.254 e. The predicted molar refractivity (Wildman–Crippen MR) is 68.2 cm³/mol. The zero-order chi connectivity index (χ0) is 11.8. The molecule has 0 amide bonds. The van der Waals surface area contributed by atoms with E-state index in [1.807, 2.05) is 31.3 Å². The first kappa shape index (κ1) is 11.3. The van der Waals surface area contributed by atoms with Gasteiger partial charge in [0.15, 0.2) is 0 Å². The average Bonchev–Trinajstić information content (AvgIpc) is 2.60. The summed E-state index contributed by atoms with van der Waals surface area (Å²) in [6, 6.07) is 6.07. The second kappa shape index (κ2) is 4.01. The molecule has 16 heavy (non-hydrogen) atoms. The van der Waals surface area contributed by atoms with Gasteiger partial charge in [-0.15, -0.1) is 0 Å². The molecular weight excluding hydrogens is 218 g/mol. The minimum atomic E-state index is -2.34. The van der Waals surface area contributed by atoms with Gasteiger partial charge in [0.05, 0.1) is 11.0 Å². The van der Waals surface area contributed by atoms with Gasteiger partial charge in [-0.05, 0) is 43.8 Å². The summed E-state index contributed by atoms with van der Waals surface area (Å²) in [4.78, 5) is 17.6. The Morgan fingerprint density at radius 3 is 2.81 bits per heavy atom.